The number of nitrogens with two attached hydrogens (primary N) is 1. The van der Waals surface area contributed by atoms with E-state index in [1.165, 1.54) is 17.4 Å². The fourth-order valence-corrected chi connectivity index (χ4v) is 2.51. The zero-order valence-electron chi connectivity index (χ0n) is 9.96. The van der Waals surface area contributed by atoms with Crippen LogP contribution < -0.4 is 5.73 Å². The Balaban J connectivity index is 2.41. The van der Waals surface area contributed by atoms with Crippen molar-refractivity contribution in [2.45, 2.75) is 19.1 Å². The molecule has 1 atom stereocenters. The van der Waals surface area contributed by atoms with E-state index < -0.39 is 23.6 Å². The van der Waals surface area contributed by atoms with Gasteiger partial charge in [-0.15, -0.1) is 11.3 Å². The van der Waals surface area contributed by atoms with Crippen molar-refractivity contribution in [1.29, 1.82) is 0 Å². The number of benzene rings is 1. The Morgan fingerprint density at radius 3 is 2.37 bits per heavy atom. The standard InChI is InChI=1S/C13H11F4NS/c1-7-4-9(6-19-7)12(18)8-2-3-11(14)10(5-8)13(15,16)17/h2-6,12H,18H2,1H3. The van der Waals surface area contributed by atoms with Gasteiger partial charge in [0.05, 0.1) is 11.6 Å². The fourth-order valence-electron chi connectivity index (χ4n) is 1.77. The van der Waals surface area contributed by atoms with Crippen LogP contribution in [0.2, 0.25) is 0 Å². The topological polar surface area (TPSA) is 26.0 Å². The van der Waals surface area contributed by atoms with Gasteiger partial charge in [0.2, 0.25) is 0 Å². The Kier molecular flexibility index (Phi) is 3.64. The third-order valence-electron chi connectivity index (χ3n) is 2.76. The lowest BCUT2D eigenvalue weighted by Crippen LogP contribution is -2.14. The van der Waals surface area contributed by atoms with Crippen LogP contribution in [-0.2, 0) is 6.18 Å². The summed E-state index contributed by atoms with van der Waals surface area (Å²) in [6.45, 7) is 1.88. The van der Waals surface area contributed by atoms with E-state index in [9.17, 15) is 17.6 Å². The average Bonchev–Trinajstić information content (AvgIpc) is 2.74. The molecule has 1 aromatic carbocycles. The number of alkyl halides is 3. The Labute approximate surface area is 111 Å². The summed E-state index contributed by atoms with van der Waals surface area (Å²) in [5.41, 5.74) is 5.59. The summed E-state index contributed by atoms with van der Waals surface area (Å²) in [7, 11) is 0. The van der Waals surface area contributed by atoms with E-state index >= 15 is 0 Å². The van der Waals surface area contributed by atoms with Crippen molar-refractivity contribution in [3.63, 3.8) is 0 Å². The summed E-state index contributed by atoms with van der Waals surface area (Å²) in [6.07, 6.45) is -4.72. The molecule has 0 aliphatic heterocycles. The van der Waals surface area contributed by atoms with Gasteiger partial charge in [-0.25, -0.2) is 4.39 Å². The van der Waals surface area contributed by atoms with Gasteiger partial charge in [-0.2, -0.15) is 13.2 Å². The van der Waals surface area contributed by atoms with E-state index in [1.54, 1.807) is 5.38 Å². The van der Waals surface area contributed by atoms with Crippen LogP contribution in [0.1, 0.15) is 27.6 Å². The lowest BCUT2D eigenvalue weighted by Gasteiger charge is -2.14. The molecule has 0 saturated carbocycles. The third kappa shape index (κ3) is 2.96. The molecule has 6 heteroatoms. The summed E-state index contributed by atoms with van der Waals surface area (Å²) in [6, 6.07) is 3.98. The van der Waals surface area contributed by atoms with Crippen molar-refractivity contribution in [2.75, 3.05) is 0 Å². The molecule has 1 nitrogen and oxygen atoms in total. The summed E-state index contributed by atoms with van der Waals surface area (Å²) in [5.74, 6) is -1.29. The van der Waals surface area contributed by atoms with Crippen LogP contribution in [0.5, 0.6) is 0 Å². The number of halogens is 4. The van der Waals surface area contributed by atoms with Crippen LogP contribution >= 0.6 is 11.3 Å². The van der Waals surface area contributed by atoms with Crippen LogP contribution in [0.25, 0.3) is 0 Å². The lowest BCUT2D eigenvalue weighted by molar-refractivity contribution is -0.140. The highest BCUT2D eigenvalue weighted by Crippen LogP contribution is 2.34. The Bertz CT molecular complexity index is 589. The molecular weight excluding hydrogens is 278 g/mol. The first-order chi connectivity index (χ1) is 8.79. The predicted octanol–water partition coefficient (Wildman–Crippen LogP) is 4.26. The molecule has 2 N–H and O–H groups in total. The SMILES string of the molecule is Cc1cc(C(N)c2ccc(F)c(C(F)(F)F)c2)cs1. The molecule has 1 unspecified atom stereocenters. The fraction of sp³-hybridized carbons (Fsp3) is 0.231. The monoisotopic (exact) mass is 289 g/mol. The first-order valence-electron chi connectivity index (χ1n) is 5.46. The molecule has 0 saturated heterocycles. The number of thiophene rings is 1. The van der Waals surface area contributed by atoms with Gasteiger partial charge in [0.25, 0.3) is 0 Å². The molecule has 0 amide bonds. The molecule has 1 aromatic heterocycles. The highest BCUT2D eigenvalue weighted by Gasteiger charge is 2.34. The Hall–Kier alpha value is -1.40. The van der Waals surface area contributed by atoms with Crippen molar-refractivity contribution in [3.8, 4) is 0 Å². The maximum atomic E-state index is 13.2. The molecule has 0 aliphatic rings. The lowest BCUT2D eigenvalue weighted by atomic mass is 9.99. The van der Waals surface area contributed by atoms with Gasteiger partial charge in [-0.1, -0.05) is 6.07 Å². The van der Waals surface area contributed by atoms with Crippen molar-refractivity contribution < 1.29 is 17.6 Å². The summed E-state index contributed by atoms with van der Waals surface area (Å²) < 4.78 is 51.0. The number of hydrogen-bond donors (Lipinski definition) is 1. The van der Waals surface area contributed by atoms with Crippen LogP contribution in [0.15, 0.2) is 29.6 Å². The van der Waals surface area contributed by atoms with Gasteiger partial charge >= 0.3 is 6.18 Å². The van der Waals surface area contributed by atoms with Crippen molar-refractivity contribution >= 4 is 11.3 Å². The third-order valence-corrected chi connectivity index (χ3v) is 3.64. The van der Waals surface area contributed by atoms with Crippen LogP contribution in [0.3, 0.4) is 0 Å². The zero-order valence-corrected chi connectivity index (χ0v) is 10.8. The molecule has 0 spiro atoms. The summed E-state index contributed by atoms with van der Waals surface area (Å²) in [4.78, 5) is 1.02. The Morgan fingerprint density at radius 2 is 1.84 bits per heavy atom. The summed E-state index contributed by atoms with van der Waals surface area (Å²) in [5, 5.41) is 1.79. The van der Waals surface area contributed by atoms with E-state index in [0.29, 0.717) is 0 Å². The first kappa shape index (κ1) is 14.0. The first-order valence-corrected chi connectivity index (χ1v) is 6.34. The minimum atomic E-state index is -4.72. The molecule has 1 heterocycles. The normalized spacial score (nSPS) is 13.6. The van der Waals surface area contributed by atoms with Crippen molar-refractivity contribution in [1.82, 2.24) is 0 Å². The highest BCUT2D eigenvalue weighted by molar-refractivity contribution is 7.10. The van der Waals surface area contributed by atoms with E-state index in [1.807, 2.05) is 13.0 Å². The number of rotatable bonds is 2. The maximum absolute atomic E-state index is 13.2. The van der Waals surface area contributed by atoms with Crippen molar-refractivity contribution in [3.05, 3.63) is 57.0 Å². The maximum Gasteiger partial charge on any atom is 0.419 e. The van der Waals surface area contributed by atoms with Gasteiger partial charge in [0.15, 0.2) is 0 Å². The Morgan fingerprint density at radius 1 is 1.16 bits per heavy atom. The molecule has 2 rings (SSSR count). The zero-order chi connectivity index (χ0) is 14.2. The molecule has 0 bridgehead atoms. The second-order valence-corrected chi connectivity index (χ2v) is 5.32. The second kappa shape index (κ2) is 4.94. The molecule has 0 fully saturated rings. The molecule has 19 heavy (non-hydrogen) atoms. The number of hydrogen-bond acceptors (Lipinski definition) is 2. The smallest absolute Gasteiger partial charge is 0.320 e. The van der Waals surface area contributed by atoms with Gasteiger partial charge in [0, 0.05) is 4.88 Å². The quantitative estimate of drug-likeness (QED) is 0.821. The van der Waals surface area contributed by atoms with Gasteiger partial charge in [-0.05, 0) is 41.6 Å². The van der Waals surface area contributed by atoms with Crippen LogP contribution in [0.4, 0.5) is 17.6 Å². The molecule has 102 valence electrons. The van der Waals surface area contributed by atoms with Crippen LogP contribution in [-0.4, -0.2) is 0 Å². The molecular formula is C13H11F4NS. The predicted molar refractivity (Wildman–Crippen MR) is 66.5 cm³/mol. The van der Waals surface area contributed by atoms with Crippen molar-refractivity contribution in [2.24, 2.45) is 5.73 Å². The van der Waals surface area contributed by atoms with Gasteiger partial charge in [-0.3, -0.25) is 0 Å². The van der Waals surface area contributed by atoms with E-state index in [-0.39, 0.29) is 5.56 Å². The minimum Gasteiger partial charge on any atom is -0.320 e. The van der Waals surface area contributed by atoms with E-state index in [0.717, 1.165) is 22.6 Å². The van der Waals surface area contributed by atoms with E-state index in [2.05, 4.69) is 0 Å². The number of aryl methyl sites for hydroxylation is 1. The van der Waals surface area contributed by atoms with Crippen LogP contribution in [0, 0.1) is 12.7 Å². The second-order valence-electron chi connectivity index (χ2n) is 4.21. The molecule has 0 aliphatic carbocycles. The average molecular weight is 289 g/mol. The molecule has 2 aromatic rings. The largest absolute Gasteiger partial charge is 0.419 e. The van der Waals surface area contributed by atoms with E-state index in [4.69, 9.17) is 5.73 Å². The summed E-state index contributed by atoms with van der Waals surface area (Å²) >= 11 is 1.46. The molecule has 0 radical (unpaired) electrons. The minimum absolute atomic E-state index is 0.242. The van der Waals surface area contributed by atoms with Gasteiger partial charge < -0.3 is 5.73 Å². The van der Waals surface area contributed by atoms with Gasteiger partial charge in [0.1, 0.15) is 5.82 Å². The highest BCUT2D eigenvalue weighted by atomic mass is 32.1.